The number of benzene rings is 2. The Morgan fingerprint density at radius 1 is 1.33 bits per heavy atom. The van der Waals surface area contributed by atoms with Crippen molar-refractivity contribution in [3.63, 3.8) is 0 Å². The van der Waals surface area contributed by atoms with E-state index in [1.165, 1.54) is 30.3 Å². The maximum Gasteiger partial charge on any atom is 0.277 e. The van der Waals surface area contributed by atoms with E-state index in [4.69, 9.17) is 16.3 Å². The molecule has 0 saturated carbocycles. The van der Waals surface area contributed by atoms with E-state index in [0.29, 0.717) is 6.29 Å². The summed E-state index contributed by atoms with van der Waals surface area (Å²) in [6.07, 6.45) is 0.506. The molecule has 0 amide bonds. The van der Waals surface area contributed by atoms with Crippen molar-refractivity contribution in [3.8, 4) is 5.75 Å². The molecule has 7 heteroatoms. The Bertz CT molecular complexity index is 705. The minimum Gasteiger partial charge on any atom is -0.486 e. The molecule has 0 N–H and O–H groups in total. The molecule has 0 radical (unpaired) electrons. The van der Waals surface area contributed by atoms with Gasteiger partial charge in [0.1, 0.15) is 12.9 Å². The maximum atomic E-state index is 13.6. The Morgan fingerprint density at radius 3 is 2.71 bits per heavy atom. The van der Waals surface area contributed by atoms with Crippen LogP contribution in [-0.4, -0.2) is 11.2 Å². The monoisotopic (exact) mass is 309 g/mol. The van der Waals surface area contributed by atoms with E-state index in [9.17, 15) is 19.3 Å². The number of carbonyl (C=O) groups is 1. The average Bonchev–Trinajstić information content (AvgIpc) is 2.46. The van der Waals surface area contributed by atoms with Crippen LogP contribution in [0.25, 0.3) is 0 Å². The first kappa shape index (κ1) is 14.9. The van der Waals surface area contributed by atoms with Crippen molar-refractivity contribution in [1.29, 1.82) is 0 Å². The number of ether oxygens (including phenoxy) is 1. The van der Waals surface area contributed by atoms with Crippen molar-refractivity contribution in [2.75, 3.05) is 0 Å². The summed E-state index contributed by atoms with van der Waals surface area (Å²) in [5.74, 6) is -0.843. The molecule has 0 spiro atoms. The number of hydrogen-bond donors (Lipinski definition) is 0. The van der Waals surface area contributed by atoms with Crippen LogP contribution < -0.4 is 4.74 Å². The molecule has 2 aromatic carbocycles. The molecule has 0 saturated heterocycles. The van der Waals surface area contributed by atoms with E-state index in [1.807, 2.05) is 0 Å². The Hall–Kier alpha value is -2.47. The van der Waals surface area contributed by atoms with E-state index in [0.717, 1.165) is 6.07 Å². The smallest absolute Gasteiger partial charge is 0.277 e. The first-order valence-corrected chi connectivity index (χ1v) is 6.20. The third-order valence-electron chi connectivity index (χ3n) is 2.75. The second-order valence-corrected chi connectivity index (χ2v) is 4.50. The van der Waals surface area contributed by atoms with Crippen LogP contribution in [0.3, 0.4) is 0 Å². The standard InChI is InChI=1S/C14H9ClFNO4/c15-11-2-1-3-13(17(19)20)10(11)8-21-14-5-4-9(7-18)6-12(14)16/h1-7H,8H2. The van der Waals surface area contributed by atoms with Gasteiger partial charge in [0.2, 0.25) is 0 Å². The quantitative estimate of drug-likeness (QED) is 0.479. The lowest BCUT2D eigenvalue weighted by atomic mass is 10.2. The van der Waals surface area contributed by atoms with E-state index < -0.39 is 10.7 Å². The SMILES string of the molecule is O=Cc1ccc(OCc2c(Cl)cccc2[N+](=O)[O-])c(F)c1. The number of rotatable bonds is 5. The van der Waals surface area contributed by atoms with E-state index in [-0.39, 0.29) is 34.2 Å². The normalized spacial score (nSPS) is 10.2. The maximum absolute atomic E-state index is 13.6. The van der Waals surface area contributed by atoms with Crippen molar-refractivity contribution < 1.29 is 18.8 Å². The van der Waals surface area contributed by atoms with E-state index in [2.05, 4.69) is 0 Å². The van der Waals surface area contributed by atoms with Gasteiger partial charge in [0.05, 0.1) is 15.5 Å². The lowest BCUT2D eigenvalue weighted by Crippen LogP contribution is -2.02. The summed E-state index contributed by atoms with van der Waals surface area (Å²) in [6, 6.07) is 7.90. The van der Waals surface area contributed by atoms with Gasteiger partial charge in [0, 0.05) is 11.6 Å². The lowest BCUT2D eigenvalue weighted by Gasteiger charge is -2.09. The fourth-order valence-electron chi connectivity index (χ4n) is 1.72. The highest BCUT2D eigenvalue weighted by Crippen LogP contribution is 2.28. The summed E-state index contributed by atoms with van der Waals surface area (Å²) in [7, 11) is 0. The molecule has 0 aliphatic heterocycles. The van der Waals surface area contributed by atoms with Gasteiger partial charge in [-0.05, 0) is 24.3 Å². The molecule has 108 valence electrons. The van der Waals surface area contributed by atoms with Gasteiger partial charge in [-0.3, -0.25) is 14.9 Å². The third-order valence-corrected chi connectivity index (χ3v) is 3.11. The molecule has 5 nitrogen and oxygen atoms in total. The minimum atomic E-state index is -0.727. The Balaban J connectivity index is 2.24. The fraction of sp³-hybridized carbons (Fsp3) is 0.0714. The molecule has 0 atom stereocenters. The Morgan fingerprint density at radius 2 is 2.10 bits per heavy atom. The number of nitrogens with zero attached hydrogens (tertiary/aromatic N) is 1. The number of nitro benzene ring substituents is 1. The van der Waals surface area contributed by atoms with Crippen LogP contribution in [0.2, 0.25) is 5.02 Å². The number of halogens is 2. The highest BCUT2D eigenvalue weighted by molar-refractivity contribution is 6.31. The predicted molar refractivity (Wildman–Crippen MR) is 74.2 cm³/mol. The number of carbonyl (C=O) groups excluding carboxylic acids is 1. The highest BCUT2D eigenvalue weighted by Gasteiger charge is 2.17. The zero-order valence-corrected chi connectivity index (χ0v) is 11.3. The van der Waals surface area contributed by atoms with E-state index in [1.54, 1.807) is 0 Å². The molecule has 2 aromatic rings. The van der Waals surface area contributed by atoms with Gasteiger partial charge in [-0.25, -0.2) is 4.39 Å². The molecule has 0 aliphatic rings. The molecule has 2 rings (SSSR count). The number of hydrogen-bond acceptors (Lipinski definition) is 4. The average molecular weight is 310 g/mol. The van der Waals surface area contributed by atoms with Crippen LogP contribution in [0, 0.1) is 15.9 Å². The van der Waals surface area contributed by atoms with Gasteiger partial charge in [-0.1, -0.05) is 17.7 Å². The first-order valence-electron chi connectivity index (χ1n) is 5.82. The summed E-state index contributed by atoms with van der Waals surface area (Å²) in [4.78, 5) is 20.8. The van der Waals surface area contributed by atoms with Gasteiger partial charge in [0.25, 0.3) is 5.69 Å². The number of nitro groups is 1. The molecule has 21 heavy (non-hydrogen) atoms. The van der Waals surface area contributed by atoms with Crippen molar-refractivity contribution in [3.05, 3.63) is 68.5 Å². The molecular weight excluding hydrogens is 301 g/mol. The highest BCUT2D eigenvalue weighted by atomic mass is 35.5. The van der Waals surface area contributed by atoms with Crippen LogP contribution in [0.1, 0.15) is 15.9 Å². The number of aldehydes is 1. The fourth-order valence-corrected chi connectivity index (χ4v) is 1.94. The molecule has 0 unspecified atom stereocenters. The van der Waals surface area contributed by atoms with Crippen molar-refractivity contribution in [1.82, 2.24) is 0 Å². The van der Waals surface area contributed by atoms with Gasteiger partial charge in [-0.15, -0.1) is 0 Å². The van der Waals surface area contributed by atoms with Crippen LogP contribution in [0.4, 0.5) is 10.1 Å². The molecule has 0 aliphatic carbocycles. The van der Waals surface area contributed by atoms with Crippen molar-refractivity contribution >= 4 is 23.6 Å². The molecule has 0 aromatic heterocycles. The Labute approximate surface area is 124 Å². The van der Waals surface area contributed by atoms with Gasteiger partial charge in [0.15, 0.2) is 11.6 Å². The molecule has 0 heterocycles. The second kappa shape index (κ2) is 6.32. The van der Waals surface area contributed by atoms with E-state index >= 15 is 0 Å². The summed E-state index contributed by atoms with van der Waals surface area (Å²) in [6.45, 7) is -0.257. The summed E-state index contributed by atoms with van der Waals surface area (Å²) in [5, 5.41) is 11.1. The zero-order chi connectivity index (χ0) is 15.4. The minimum absolute atomic E-state index is 0.116. The second-order valence-electron chi connectivity index (χ2n) is 4.09. The van der Waals surface area contributed by atoms with Crippen LogP contribution in [-0.2, 0) is 6.61 Å². The summed E-state index contributed by atoms with van der Waals surface area (Å²) < 4.78 is 18.9. The summed E-state index contributed by atoms with van der Waals surface area (Å²) in [5.41, 5.74) is 0.124. The molecule has 0 fully saturated rings. The molecule has 0 bridgehead atoms. The van der Waals surface area contributed by atoms with Gasteiger partial charge in [-0.2, -0.15) is 0 Å². The topological polar surface area (TPSA) is 69.4 Å². The predicted octanol–water partition coefficient (Wildman–Crippen LogP) is 3.78. The van der Waals surface area contributed by atoms with Gasteiger partial charge >= 0.3 is 0 Å². The zero-order valence-electron chi connectivity index (χ0n) is 10.6. The largest absolute Gasteiger partial charge is 0.486 e. The summed E-state index contributed by atoms with van der Waals surface area (Å²) >= 11 is 5.90. The van der Waals surface area contributed by atoms with Crippen LogP contribution in [0.15, 0.2) is 36.4 Å². The van der Waals surface area contributed by atoms with Gasteiger partial charge < -0.3 is 4.74 Å². The molecular formula is C14H9ClFNO4. The first-order chi connectivity index (χ1) is 10.0. The lowest BCUT2D eigenvalue weighted by molar-refractivity contribution is -0.385. The van der Waals surface area contributed by atoms with Crippen molar-refractivity contribution in [2.24, 2.45) is 0 Å². The van der Waals surface area contributed by atoms with Crippen molar-refractivity contribution in [2.45, 2.75) is 6.61 Å². The third kappa shape index (κ3) is 3.35. The Kier molecular flexibility index (Phi) is 4.49. The van der Waals surface area contributed by atoms with Crippen LogP contribution >= 0.6 is 11.6 Å². The van der Waals surface area contributed by atoms with Crippen LogP contribution in [0.5, 0.6) is 5.75 Å².